The number of ether oxygens (including phenoxy) is 5. The minimum Gasteiger partial charge on any atom is -0.490 e. The van der Waals surface area contributed by atoms with Gasteiger partial charge in [0.05, 0.1) is 54.7 Å². The molecule has 236 valence electrons. The Kier molecular flexibility index (Phi) is 10.2. The second kappa shape index (κ2) is 14.6. The molecular weight excluding hydrogens is 606 g/mol. The molecule has 1 atom stereocenters. The number of nitriles is 1. The van der Waals surface area contributed by atoms with Crippen molar-refractivity contribution in [2.75, 3.05) is 26.9 Å². The van der Waals surface area contributed by atoms with E-state index in [1.54, 1.807) is 36.4 Å². The number of aromatic nitrogens is 1. The minimum absolute atomic E-state index is 0.218. The van der Waals surface area contributed by atoms with Gasteiger partial charge in [-0.1, -0.05) is 35.6 Å². The lowest BCUT2D eigenvalue weighted by Crippen LogP contribution is -2.39. The predicted molar refractivity (Wildman–Crippen MR) is 173 cm³/mol. The number of rotatable bonds is 12. The van der Waals surface area contributed by atoms with Gasteiger partial charge in [-0.2, -0.15) is 5.26 Å². The van der Waals surface area contributed by atoms with Crippen LogP contribution in [0, 0.1) is 11.3 Å². The summed E-state index contributed by atoms with van der Waals surface area (Å²) in [7, 11) is 1.29. The lowest BCUT2D eigenvalue weighted by Gasteiger charge is -2.23. The van der Waals surface area contributed by atoms with Gasteiger partial charge in [0.15, 0.2) is 27.8 Å². The van der Waals surface area contributed by atoms with Crippen molar-refractivity contribution < 1.29 is 28.5 Å². The Balaban J connectivity index is 1.52. The fraction of sp³-hybridized carbons (Fsp3) is 0.257. The SMILES string of the molecule is CCOc1ccc([C@H]2C(C(=O)OC)=CN=c3s/c(=C/c4ccc(OCc5ccc(C#N)cc5)c(OCC)c4)c(=O)n32)cc1OCC. The number of hydrogen-bond donors (Lipinski definition) is 0. The summed E-state index contributed by atoms with van der Waals surface area (Å²) in [5, 5.41) is 9.03. The summed E-state index contributed by atoms with van der Waals surface area (Å²) < 4.78 is 30.4. The van der Waals surface area contributed by atoms with Crippen molar-refractivity contribution in [2.24, 2.45) is 4.99 Å². The van der Waals surface area contributed by atoms with Gasteiger partial charge < -0.3 is 23.7 Å². The first kappa shape index (κ1) is 32.1. The van der Waals surface area contributed by atoms with Crippen molar-refractivity contribution >= 4 is 23.4 Å². The standard InChI is InChI=1S/C35H33N3O7S/c1-5-42-27-15-13-25(18-30(27)44-7-3)32-26(34(40)41-4)20-37-35-38(32)33(39)31(46-35)17-24-12-14-28(29(16-24)43-6-2)45-21-23-10-8-22(19-36)9-11-23/h8-18,20,32H,5-7,21H2,1-4H3/b31-17+/t32-/m0/s1. The first-order valence-electron chi connectivity index (χ1n) is 14.8. The summed E-state index contributed by atoms with van der Waals surface area (Å²) in [5.74, 6) is 1.57. The van der Waals surface area contributed by atoms with E-state index in [1.807, 2.05) is 51.1 Å². The highest BCUT2D eigenvalue weighted by molar-refractivity contribution is 7.07. The molecule has 5 rings (SSSR count). The molecule has 0 saturated carbocycles. The van der Waals surface area contributed by atoms with Crippen molar-refractivity contribution in [3.8, 4) is 29.1 Å². The van der Waals surface area contributed by atoms with Gasteiger partial charge in [0.2, 0.25) is 0 Å². The normalized spacial score (nSPS) is 13.9. The second-order valence-electron chi connectivity index (χ2n) is 9.98. The number of fused-ring (bicyclic) bond motifs is 1. The maximum absolute atomic E-state index is 14.0. The number of esters is 1. The summed E-state index contributed by atoms with van der Waals surface area (Å²) in [6, 6.07) is 19.3. The number of benzene rings is 3. The number of hydrogen-bond acceptors (Lipinski definition) is 10. The Labute approximate surface area is 270 Å². The lowest BCUT2D eigenvalue weighted by atomic mass is 9.97. The smallest absolute Gasteiger partial charge is 0.337 e. The summed E-state index contributed by atoms with van der Waals surface area (Å²) >= 11 is 1.22. The van der Waals surface area contributed by atoms with E-state index in [1.165, 1.54) is 29.2 Å². The molecule has 0 radical (unpaired) electrons. The van der Waals surface area contributed by atoms with Gasteiger partial charge in [-0.25, -0.2) is 9.79 Å². The molecule has 4 aromatic rings. The van der Waals surface area contributed by atoms with Crippen molar-refractivity contribution in [1.29, 1.82) is 5.26 Å². The van der Waals surface area contributed by atoms with E-state index >= 15 is 0 Å². The van der Waals surface area contributed by atoms with Crippen LogP contribution in [-0.2, 0) is 16.1 Å². The average Bonchev–Trinajstić information content (AvgIpc) is 3.39. The maximum atomic E-state index is 14.0. The lowest BCUT2D eigenvalue weighted by molar-refractivity contribution is -0.136. The highest BCUT2D eigenvalue weighted by atomic mass is 32.1. The third-order valence-corrected chi connectivity index (χ3v) is 8.05. The Morgan fingerprint density at radius 1 is 0.913 bits per heavy atom. The molecule has 0 fully saturated rings. The second-order valence-corrected chi connectivity index (χ2v) is 11.0. The third kappa shape index (κ3) is 6.82. The number of thiazole rings is 1. The number of carbonyl (C=O) groups is 1. The molecule has 0 amide bonds. The molecule has 1 aliphatic rings. The van der Waals surface area contributed by atoms with Crippen LogP contribution in [0.5, 0.6) is 23.0 Å². The molecule has 46 heavy (non-hydrogen) atoms. The molecule has 10 nitrogen and oxygen atoms in total. The van der Waals surface area contributed by atoms with Crippen molar-refractivity contribution in [2.45, 2.75) is 33.4 Å². The molecule has 1 aliphatic heterocycles. The van der Waals surface area contributed by atoms with Crippen LogP contribution in [0.4, 0.5) is 0 Å². The quantitative estimate of drug-likeness (QED) is 0.205. The van der Waals surface area contributed by atoms with Gasteiger partial charge in [-0.3, -0.25) is 9.36 Å². The first-order chi connectivity index (χ1) is 22.4. The molecule has 0 N–H and O–H groups in total. The zero-order chi connectivity index (χ0) is 32.6. The molecule has 1 aromatic heterocycles. The van der Waals surface area contributed by atoms with E-state index in [0.717, 1.165) is 11.1 Å². The van der Waals surface area contributed by atoms with E-state index in [4.69, 9.17) is 28.9 Å². The van der Waals surface area contributed by atoms with Crippen LogP contribution in [0.15, 0.2) is 82.2 Å². The third-order valence-electron chi connectivity index (χ3n) is 7.05. The van der Waals surface area contributed by atoms with Gasteiger partial charge in [-0.05, 0) is 79.9 Å². The topological polar surface area (TPSA) is 121 Å². The molecule has 0 aliphatic carbocycles. The highest BCUT2D eigenvalue weighted by Gasteiger charge is 2.31. The van der Waals surface area contributed by atoms with Crippen LogP contribution < -0.4 is 33.8 Å². The number of nitrogens with zero attached hydrogens (tertiary/aromatic N) is 3. The maximum Gasteiger partial charge on any atom is 0.337 e. The van der Waals surface area contributed by atoms with E-state index in [2.05, 4.69) is 11.1 Å². The molecular formula is C35H33N3O7S. The summed E-state index contributed by atoms with van der Waals surface area (Å²) in [4.78, 5) is 31.8. The van der Waals surface area contributed by atoms with Crippen molar-refractivity contribution in [3.05, 3.63) is 114 Å². The van der Waals surface area contributed by atoms with Crippen LogP contribution in [0.3, 0.4) is 0 Å². The van der Waals surface area contributed by atoms with E-state index < -0.39 is 12.0 Å². The average molecular weight is 640 g/mol. The van der Waals surface area contributed by atoms with Crippen molar-refractivity contribution in [3.63, 3.8) is 0 Å². The molecule has 11 heteroatoms. The first-order valence-corrected chi connectivity index (χ1v) is 15.6. The largest absolute Gasteiger partial charge is 0.490 e. The predicted octanol–water partition coefficient (Wildman–Crippen LogP) is 4.66. The van der Waals surface area contributed by atoms with Crippen LogP contribution in [0.25, 0.3) is 6.08 Å². The van der Waals surface area contributed by atoms with Gasteiger partial charge in [0.25, 0.3) is 5.56 Å². The number of carbonyl (C=O) groups excluding carboxylic acids is 1. The fourth-order valence-electron chi connectivity index (χ4n) is 4.98. The summed E-state index contributed by atoms with van der Waals surface area (Å²) in [5.41, 5.74) is 2.77. The van der Waals surface area contributed by atoms with Gasteiger partial charge in [-0.15, -0.1) is 0 Å². The van der Waals surface area contributed by atoms with Gasteiger partial charge in [0.1, 0.15) is 6.61 Å². The summed E-state index contributed by atoms with van der Waals surface area (Å²) in [6.07, 6.45) is 3.22. The van der Waals surface area contributed by atoms with E-state index in [9.17, 15) is 9.59 Å². The monoisotopic (exact) mass is 639 g/mol. The zero-order valence-corrected chi connectivity index (χ0v) is 26.8. The fourth-order valence-corrected chi connectivity index (χ4v) is 5.95. The Morgan fingerprint density at radius 2 is 1.57 bits per heavy atom. The van der Waals surface area contributed by atoms with Crippen LogP contribution >= 0.6 is 11.3 Å². The molecule has 2 heterocycles. The summed E-state index contributed by atoms with van der Waals surface area (Å²) in [6.45, 7) is 7.22. The van der Waals surface area contributed by atoms with Crippen LogP contribution in [0.2, 0.25) is 0 Å². The van der Waals surface area contributed by atoms with Gasteiger partial charge >= 0.3 is 5.97 Å². The van der Waals surface area contributed by atoms with E-state index in [0.29, 0.717) is 69.9 Å². The molecule has 0 saturated heterocycles. The van der Waals surface area contributed by atoms with Gasteiger partial charge in [0, 0.05) is 6.20 Å². The molecule has 3 aromatic carbocycles. The van der Waals surface area contributed by atoms with E-state index in [-0.39, 0.29) is 11.1 Å². The molecule has 0 unspecified atom stereocenters. The Hall–Kier alpha value is -5.34. The van der Waals surface area contributed by atoms with Crippen LogP contribution in [-0.4, -0.2) is 37.5 Å². The zero-order valence-electron chi connectivity index (χ0n) is 25.9. The van der Waals surface area contributed by atoms with Crippen LogP contribution in [0.1, 0.15) is 49.1 Å². The molecule has 0 spiro atoms. The highest BCUT2D eigenvalue weighted by Crippen LogP contribution is 2.35. The molecule has 0 bridgehead atoms. The van der Waals surface area contributed by atoms with Crippen molar-refractivity contribution in [1.82, 2.24) is 4.57 Å². The Morgan fingerprint density at radius 3 is 2.24 bits per heavy atom. The minimum atomic E-state index is -0.794. The Bertz CT molecular complexity index is 1990. The number of methoxy groups -OCH3 is 1.